The average Bonchev–Trinajstić information content (AvgIpc) is 3.26. The van der Waals surface area contributed by atoms with E-state index < -0.39 is 5.97 Å². The zero-order valence-corrected chi connectivity index (χ0v) is 17.7. The number of anilines is 1. The normalized spacial score (nSPS) is 10.7. The number of nitrogens with two attached hydrogens (primary N) is 1. The van der Waals surface area contributed by atoms with Crippen LogP contribution < -0.4 is 10.5 Å². The number of ether oxygens (including phenoxy) is 2. The van der Waals surface area contributed by atoms with Crippen molar-refractivity contribution in [2.75, 3.05) is 19.5 Å². The number of aryl methyl sites for hydroxylation is 1. The summed E-state index contributed by atoms with van der Waals surface area (Å²) in [5, 5.41) is 8.45. The summed E-state index contributed by atoms with van der Waals surface area (Å²) in [5.74, 6) is 0.300. The van der Waals surface area contributed by atoms with E-state index >= 15 is 0 Å². The number of carbonyl (C=O) groups excluding carboxylic acids is 1. The van der Waals surface area contributed by atoms with Gasteiger partial charge in [-0.3, -0.25) is 0 Å². The van der Waals surface area contributed by atoms with Crippen molar-refractivity contribution in [3.8, 4) is 28.4 Å². The number of hydrogen-bond acceptors (Lipinski definition) is 8. The molecular formula is C23H22N6O3. The highest BCUT2D eigenvalue weighted by Gasteiger charge is 2.11. The van der Waals surface area contributed by atoms with Crippen LogP contribution in [0.3, 0.4) is 0 Å². The Hall–Kier alpha value is -4.27. The number of hydrogen-bond donors (Lipinski definition) is 1. The van der Waals surface area contributed by atoms with E-state index in [-0.39, 0.29) is 12.6 Å². The lowest BCUT2D eigenvalue weighted by atomic mass is 10.1. The van der Waals surface area contributed by atoms with Gasteiger partial charge in [0.1, 0.15) is 11.4 Å². The monoisotopic (exact) mass is 430 g/mol. The van der Waals surface area contributed by atoms with E-state index in [0.29, 0.717) is 23.7 Å². The highest BCUT2D eigenvalue weighted by molar-refractivity contribution is 5.71. The standard InChI is InChI=1S/C23H22N6O3/c1-15-5-3-7-17(9-15)19-11-20(26-23(24)25-19)21-13-29(28-27-21)12-16-6-4-8-18(10-16)32-14-22(30)31-2/h3-11,13H,12,14H2,1-2H3,(H2,24,25,26). The molecule has 0 aliphatic heterocycles. The van der Waals surface area contributed by atoms with Crippen LogP contribution in [0.4, 0.5) is 5.95 Å². The van der Waals surface area contributed by atoms with Gasteiger partial charge < -0.3 is 15.2 Å². The molecule has 0 amide bonds. The maximum Gasteiger partial charge on any atom is 0.343 e. The van der Waals surface area contributed by atoms with Crippen molar-refractivity contribution in [2.45, 2.75) is 13.5 Å². The van der Waals surface area contributed by atoms with Gasteiger partial charge in [0.2, 0.25) is 5.95 Å². The second kappa shape index (κ2) is 9.25. The molecule has 0 bridgehead atoms. The second-order valence-corrected chi connectivity index (χ2v) is 7.18. The molecule has 4 rings (SSSR count). The summed E-state index contributed by atoms with van der Waals surface area (Å²) in [6.07, 6.45) is 1.80. The van der Waals surface area contributed by atoms with Crippen molar-refractivity contribution in [1.82, 2.24) is 25.0 Å². The van der Waals surface area contributed by atoms with Gasteiger partial charge in [-0.25, -0.2) is 19.4 Å². The van der Waals surface area contributed by atoms with E-state index in [9.17, 15) is 4.79 Å². The Morgan fingerprint density at radius 1 is 1.03 bits per heavy atom. The minimum Gasteiger partial charge on any atom is -0.482 e. The second-order valence-electron chi connectivity index (χ2n) is 7.18. The first-order valence-corrected chi connectivity index (χ1v) is 9.91. The Bertz CT molecular complexity index is 1250. The summed E-state index contributed by atoms with van der Waals surface area (Å²) < 4.78 is 11.7. The Kier molecular flexibility index (Phi) is 6.07. The molecule has 0 radical (unpaired) electrons. The zero-order chi connectivity index (χ0) is 22.5. The van der Waals surface area contributed by atoms with E-state index in [2.05, 4.69) is 25.0 Å². The van der Waals surface area contributed by atoms with Crippen LogP contribution in [0.2, 0.25) is 0 Å². The fourth-order valence-corrected chi connectivity index (χ4v) is 3.16. The van der Waals surface area contributed by atoms with Crippen molar-refractivity contribution in [3.63, 3.8) is 0 Å². The molecule has 0 atom stereocenters. The first kappa shape index (κ1) is 21.0. The van der Waals surface area contributed by atoms with Crippen molar-refractivity contribution in [3.05, 3.63) is 71.9 Å². The van der Waals surface area contributed by atoms with Gasteiger partial charge in [-0.15, -0.1) is 5.10 Å². The maximum absolute atomic E-state index is 11.3. The molecule has 0 fully saturated rings. The minimum atomic E-state index is -0.439. The molecule has 9 heteroatoms. The van der Waals surface area contributed by atoms with E-state index in [4.69, 9.17) is 10.5 Å². The lowest BCUT2D eigenvalue weighted by Crippen LogP contribution is -2.12. The fraction of sp³-hybridized carbons (Fsp3) is 0.174. The summed E-state index contributed by atoms with van der Waals surface area (Å²) >= 11 is 0. The lowest BCUT2D eigenvalue weighted by Gasteiger charge is -2.07. The molecule has 0 unspecified atom stereocenters. The third-order valence-electron chi connectivity index (χ3n) is 4.69. The van der Waals surface area contributed by atoms with Crippen LogP contribution in [-0.4, -0.2) is 44.6 Å². The Labute approximate surface area is 184 Å². The number of esters is 1. The SMILES string of the molecule is COC(=O)COc1cccc(Cn2cc(-c3cc(-c4cccc(C)c4)nc(N)n3)nn2)c1. The van der Waals surface area contributed by atoms with Crippen molar-refractivity contribution in [1.29, 1.82) is 0 Å². The smallest absolute Gasteiger partial charge is 0.343 e. The quantitative estimate of drug-likeness (QED) is 0.445. The molecule has 0 aliphatic rings. The molecule has 0 aliphatic carbocycles. The largest absolute Gasteiger partial charge is 0.482 e. The highest BCUT2D eigenvalue weighted by atomic mass is 16.6. The van der Waals surface area contributed by atoms with Gasteiger partial charge in [-0.1, -0.05) is 41.1 Å². The molecule has 162 valence electrons. The molecule has 2 aromatic carbocycles. The van der Waals surface area contributed by atoms with Crippen molar-refractivity contribution in [2.24, 2.45) is 0 Å². The number of methoxy groups -OCH3 is 1. The molecular weight excluding hydrogens is 408 g/mol. The number of aromatic nitrogens is 5. The van der Waals surface area contributed by atoms with Gasteiger partial charge in [0, 0.05) is 5.56 Å². The molecule has 2 N–H and O–H groups in total. The maximum atomic E-state index is 11.3. The predicted molar refractivity (Wildman–Crippen MR) is 119 cm³/mol. The molecule has 0 spiro atoms. The van der Waals surface area contributed by atoms with Gasteiger partial charge in [0.15, 0.2) is 6.61 Å². The Balaban J connectivity index is 1.53. The summed E-state index contributed by atoms with van der Waals surface area (Å²) in [5.41, 5.74) is 10.9. The first-order chi connectivity index (χ1) is 15.5. The van der Waals surface area contributed by atoms with Crippen LogP contribution in [0, 0.1) is 6.92 Å². The van der Waals surface area contributed by atoms with Gasteiger partial charge in [0.25, 0.3) is 0 Å². The van der Waals surface area contributed by atoms with Gasteiger partial charge in [-0.2, -0.15) is 0 Å². The highest BCUT2D eigenvalue weighted by Crippen LogP contribution is 2.24. The average molecular weight is 430 g/mol. The summed E-state index contributed by atoms with van der Waals surface area (Å²) in [6, 6.07) is 17.3. The third kappa shape index (κ3) is 5.07. The molecule has 2 aromatic heterocycles. The van der Waals surface area contributed by atoms with E-state index in [1.165, 1.54) is 7.11 Å². The first-order valence-electron chi connectivity index (χ1n) is 9.91. The van der Waals surface area contributed by atoms with Crippen LogP contribution >= 0.6 is 0 Å². The molecule has 4 aromatic rings. The number of rotatable bonds is 7. The number of nitrogen functional groups attached to an aromatic ring is 1. The van der Waals surface area contributed by atoms with E-state index in [0.717, 1.165) is 22.4 Å². The molecule has 9 nitrogen and oxygen atoms in total. The lowest BCUT2D eigenvalue weighted by molar-refractivity contribution is -0.142. The van der Waals surface area contributed by atoms with Crippen molar-refractivity contribution >= 4 is 11.9 Å². The molecule has 32 heavy (non-hydrogen) atoms. The van der Waals surface area contributed by atoms with E-state index in [1.54, 1.807) is 16.9 Å². The summed E-state index contributed by atoms with van der Waals surface area (Å²) in [7, 11) is 1.32. The van der Waals surface area contributed by atoms with Crippen LogP contribution in [0.5, 0.6) is 5.75 Å². The topological polar surface area (TPSA) is 118 Å². The number of nitrogens with zero attached hydrogens (tertiary/aromatic N) is 5. The number of benzene rings is 2. The molecule has 0 saturated carbocycles. The van der Waals surface area contributed by atoms with E-state index in [1.807, 2.05) is 55.5 Å². The van der Waals surface area contributed by atoms with Crippen LogP contribution in [0.1, 0.15) is 11.1 Å². The Morgan fingerprint density at radius 3 is 2.66 bits per heavy atom. The zero-order valence-electron chi connectivity index (χ0n) is 17.7. The van der Waals surface area contributed by atoms with Crippen LogP contribution in [0.25, 0.3) is 22.6 Å². The van der Waals surface area contributed by atoms with Crippen LogP contribution in [0.15, 0.2) is 60.8 Å². The van der Waals surface area contributed by atoms with Crippen LogP contribution in [-0.2, 0) is 16.1 Å². The van der Waals surface area contributed by atoms with Gasteiger partial charge in [0.05, 0.1) is 31.2 Å². The number of carbonyl (C=O) groups is 1. The minimum absolute atomic E-state index is 0.147. The van der Waals surface area contributed by atoms with Gasteiger partial charge in [-0.05, 0) is 36.8 Å². The summed E-state index contributed by atoms with van der Waals surface area (Å²) in [4.78, 5) is 19.9. The van der Waals surface area contributed by atoms with Crippen molar-refractivity contribution < 1.29 is 14.3 Å². The Morgan fingerprint density at radius 2 is 1.84 bits per heavy atom. The fourth-order valence-electron chi connectivity index (χ4n) is 3.16. The van der Waals surface area contributed by atoms with Gasteiger partial charge >= 0.3 is 5.97 Å². The molecule has 2 heterocycles. The summed E-state index contributed by atoms with van der Waals surface area (Å²) in [6.45, 7) is 2.34. The molecule has 0 saturated heterocycles. The predicted octanol–water partition coefficient (Wildman–Crippen LogP) is 2.89. The third-order valence-corrected chi connectivity index (χ3v) is 4.69.